The Morgan fingerprint density at radius 2 is 1.67 bits per heavy atom. The molecule has 0 bridgehead atoms. The van der Waals surface area contributed by atoms with E-state index in [1.54, 1.807) is 0 Å². The molecule has 4 heteroatoms. The maximum Gasteiger partial charge on any atom is 0.224 e. The molecule has 0 saturated carbocycles. The van der Waals surface area contributed by atoms with Crippen LogP contribution in [0.2, 0.25) is 0 Å². The molecule has 4 nitrogen and oxygen atoms in total. The van der Waals surface area contributed by atoms with Crippen molar-refractivity contribution in [2.75, 3.05) is 7.11 Å². The average molecular weight is 332 g/mol. The molecule has 0 aromatic carbocycles. The van der Waals surface area contributed by atoms with E-state index >= 15 is 0 Å². The first-order valence-electron chi connectivity index (χ1n) is 8.67. The molecule has 1 aliphatic carbocycles. The van der Waals surface area contributed by atoms with Crippen molar-refractivity contribution in [2.24, 2.45) is 0 Å². The summed E-state index contributed by atoms with van der Waals surface area (Å²) in [5.74, 6) is -0.527. The lowest BCUT2D eigenvalue weighted by Gasteiger charge is -2.21. The van der Waals surface area contributed by atoms with E-state index in [9.17, 15) is 14.4 Å². The summed E-state index contributed by atoms with van der Waals surface area (Å²) in [7, 11) is 1.41. The first-order valence-corrected chi connectivity index (χ1v) is 8.67. The number of ketones is 2. The lowest BCUT2D eigenvalue weighted by atomic mass is 9.84. The van der Waals surface area contributed by atoms with E-state index < -0.39 is 0 Å². The molecule has 0 fully saturated rings. The second-order valence-corrected chi connectivity index (χ2v) is 6.30. The van der Waals surface area contributed by atoms with Gasteiger partial charge in [0.25, 0.3) is 0 Å². The van der Waals surface area contributed by atoms with Gasteiger partial charge >= 0.3 is 0 Å². The van der Waals surface area contributed by atoms with Crippen molar-refractivity contribution in [1.82, 2.24) is 0 Å². The third-order valence-corrected chi connectivity index (χ3v) is 4.23. The highest BCUT2D eigenvalue weighted by molar-refractivity contribution is 6.31. The van der Waals surface area contributed by atoms with Gasteiger partial charge in [0.1, 0.15) is 0 Å². The second-order valence-electron chi connectivity index (χ2n) is 6.30. The predicted octanol–water partition coefficient (Wildman–Crippen LogP) is 4.25. The Balaban J connectivity index is 2.97. The van der Waals surface area contributed by atoms with Gasteiger partial charge in [-0.05, 0) is 45.4 Å². The first-order chi connectivity index (χ1) is 11.5. The van der Waals surface area contributed by atoms with Crippen LogP contribution in [-0.4, -0.2) is 25.0 Å². The number of hydrogen-bond acceptors (Lipinski definition) is 4. The molecule has 132 valence electrons. The van der Waals surface area contributed by atoms with Crippen molar-refractivity contribution < 1.29 is 19.1 Å². The smallest absolute Gasteiger partial charge is 0.224 e. The second kappa shape index (κ2) is 10.0. The van der Waals surface area contributed by atoms with Crippen LogP contribution >= 0.6 is 0 Å². The Morgan fingerprint density at radius 1 is 1.04 bits per heavy atom. The summed E-state index contributed by atoms with van der Waals surface area (Å²) in [6, 6.07) is 0. The quantitative estimate of drug-likeness (QED) is 0.187. The number of ether oxygens (including phenoxy) is 1. The van der Waals surface area contributed by atoms with E-state index in [-0.39, 0.29) is 22.9 Å². The molecule has 0 aromatic heterocycles. The number of methoxy groups -OCH3 is 1. The number of hydrogen-bond donors (Lipinski definition) is 0. The number of carbonyl (C=O) groups excluding carboxylic acids is 3. The minimum Gasteiger partial charge on any atom is -0.492 e. The Bertz CT molecular complexity index is 578. The van der Waals surface area contributed by atoms with Crippen molar-refractivity contribution in [3.63, 3.8) is 0 Å². The highest BCUT2D eigenvalue weighted by Crippen LogP contribution is 2.30. The van der Waals surface area contributed by atoms with E-state index in [0.29, 0.717) is 30.3 Å². The standard InChI is InChI=1S/C20H28O4/c1-5-6-7-11-15-17(13-21)18(22)16(20(24-4)19(15)23)12-9-8-10-14(2)3/h13H,2,5-12H2,1,3-4H3. The number of unbranched alkanes of at least 4 members (excludes halogenated alkanes) is 3. The van der Waals surface area contributed by atoms with Gasteiger partial charge in [-0.2, -0.15) is 0 Å². The summed E-state index contributed by atoms with van der Waals surface area (Å²) in [6.45, 7) is 7.88. The topological polar surface area (TPSA) is 60.4 Å². The molecule has 0 aliphatic heterocycles. The van der Waals surface area contributed by atoms with Gasteiger partial charge in [-0.3, -0.25) is 14.4 Å². The third-order valence-electron chi connectivity index (χ3n) is 4.23. The SMILES string of the molecule is C=C(C)CCCCC1=C(OC)C(=O)C(CCCCC)=C(C=O)C1=O. The number of rotatable bonds is 11. The van der Waals surface area contributed by atoms with E-state index in [1.807, 2.05) is 6.92 Å². The molecule has 1 aliphatic rings. The monoisotopic (exact) mass is 332 g/mol. The fourth-order valence-corrected chi connectivity index (χ4v) is 2.90. The lowest BCUT2D eigenvalue weighted by Crippen LogP contribution is -2.26. The fraction of sp³-hybridized carbons (Fsp3) is 0.550. The zero-order valence-electron chi connectivity index (χ0n) is 15.1. The Morgan fingerprint density at radius 3 is 2.21 bits per heavy atom. The van der Waals surface area contributed by atoms with Crippen LogP contribution in [0.1, 0.15) is 65.2 Å². The van der Waals surface area contributed by atoms with Crippen LogP contribution in [0.15, 0.2) is 34.6 Å². The summed E-state index contributed by atoms with van der Waals surface area (Å²) in [5, 5.41) is 0. The maximum atomic E-state index is 12.7. The molecule has 1 rings (SSSR count). The molecule has 0 saturated heterocycles. The highest BCUT2D eigenvalue weighted by atomic mass is 16.5. The zero-order valence-corrected chi connectivity index (χ0v) is 15.1. The van der Waals surface area contributed by atoms with E-state index in [4.69, 9.17) is 4.74 Å². The van der Waals surface area contributed by atoms with Crippen LogP contribution in [0, 0.1) is 0 Å². The van der Waals surface area contributed by atoms with Crippen molar-refractivity contribution in [2.45, 2.75) is 65.2 Å². The molecule has 0 unspecified atom stereocenters. The normalized spacial score (nSPS) is 15.1. The van der Waals surface area contributed by atoms with Crippen molar-refractivity contribution in [3.05, 3.63) is 34.6 Å². The van der Waals surface area contributed by atoms with Crippen molar-refractivity contribution >= 4 is 17.9 Å². The minimum atomic E-state index is -0.344. The summed E-state index contributed by atoms with van der Waals surface area (Å²) >= 11 is 0. The molecular weight excluding hydrogens is 304 g/mol. The summed E-state index contributed by atoms with van der Waals surface area (Å²) < 4.78 is 5.24. The third kappa shape index (κ3) is 5.02. The largest absolute Gasteiger partial charge is 0.492 e. The van der Waals surface area contributed by atoms with Crippen LogP contribution in [-0.2, 0) is 19.1 Å². The molecule has 24 heavy (non-hydrogen) atoms. The molecular formula is C20H28O4. The Hall–Kier alpha value is -1.97. The summed E-state index contributed by atoms with van der Waals surface area (Å²) in [5.41, 5.74) is 1.76. The Kier molecular flexibility index (Phi) is 8.37. The highest BCUT2D eigenvalue weighted by Gasteiger charge is 2.34. The average Bonchev–Trinajstić information content (AvgIpc) is 2.55. The van der Waals surface area contributed by atoms with E-state index in [2.05, 4.69) is 13.5 Å². The molecule has 0 N–H and O–H groups in total. The van der Waals surface area contributed by atoms with Gasteiger partial charge in [0.15, 0.2) is 17.8 Å². The molecule has 0 spiro atoms. The van der Waals surface area contributed by atoms with Crippen LogP contribution in [0.25, 0.3) is 0 Å². The lowest BCUT2D eigenvalue weighted by molar-refractivity contribution is -0.120. The fourth-order valence-electron chi connectivity index (χ4n) is 2.90. The molecule has 0 aromatic rings. The van der Waals surface area contributed by atoms with Gasteiger partial charge in [-0.1, -0.05) is 25.3 Å². The van der Waals surface area contributed by atoms with Gasteiger partial charge < -0.3 is 4.74 Å². The van der Waals surface area contributed by atoms with E-state index in [1.165, 1.54) is 7.11 Å². The maximum absolute atomic E-state index is 12.7. The number of Topliss-reactive ketones (excluding diaryl/α,β-unsaturated/α-hetero) is 2. The van der Waals surface area contributed by atoms with Crippen LogP contribution in [0.4, 0.5) is 0 Å². The number of carbonyl (C=O) groups is 3. The van der Waals surface area contributed by atoms with E-state index in [0.717, 1.165) is 44.1 Å². The zero-order chi connectivity index (χ0) is 18.1. The first kappa shape index (κ1) is 20.1. The van der Waals surface area contributed by atoms with Crippen LogP contribution in [0.5, 0.6) is 0 Å². The number of aldehydes is 1. The molecule has 0 heterocycles. The van der Waals surface area contributed by atoms with Gasteiger partial charge in [-0.15, -0.1) is 6.58 Å². The summed E-state index contributed by atoms with van der Waals surface area (Å²) in [6.07, 6.45) is 6.70. The van der Waals surface area contributed by atoms with Gasteiger partial charge in [-0.25, -0.2) is 0 Å². The van der Waals surface area contributed by atoms with Crippen molar-refractivity contribution in [1.29, 1.82) is 0 Å². The molecule has 0 amide bonds. The molecule has 0 radical (unpaired) electrons. The Labute approximate surface area is 144 Å². The molecule has 0 atom stereocenters. The number of allylic oxidation sites excluding steroid dienone is 4. The van der Waals surface area contributed by atoms with Crippen LogP contribution in [0.3, 0.4) is 0 Å². The van der Waals surface area contributed by atoms with Crippen LogP contribution < -0.4 is 0 Å². The minimum absolute atomic E-state index is 0.0202. The van der Waals surface area contributed by atoms with Gasteiger partial charge in [0, 0.05) is 11.1 Å². The van der Waals surface area contributed by atoms with Gasteiger partial charge in [0.05, 0.1) is 12.7 Å². The predicted molar refractivity (Wildman–Crippen MR) is 94.6 cm³/mol. The summed E-state index contributed by atoms with van der Waals surface area (Å²) in [4.78, 5) is 36.7. The van der Waals surface area contributed by atoms with Gasteiger partial charge in [0.2, 0.25) is 5.78 Å². The van der Waals surface area contributed by atoms with Crippen molar-refractivity contribution in [3.8, 4) is 0 Å².